The number of nitrogens with one attached hydrogen (secondary N) is 2. The van der Waals surface area contributed by atoms with Crippen LogP contribution in [0.3, 0.4) is 0 Å². The zero-order chi connectivity index (χ0) is 14.8. The summed E-state index contributed by atoms with van der Waals surface area (Å²) in [6, 6.07) is 6.04. The third kappa shape index (κ3) is 4.21. The second kappa shape index (κ2) is 5.81. The summed E-state index contributed by atoms with van der Waals surface area (Å²) in [6.45, 7) is 8.76. The van der Waals surface area contributed by atoms with Gasteiger partial charge in [-0.2, -0.15) is 0 Å². The lowest BCUT2D eigenvalue weighted by Crippen LogP contribution is -2.35. The Kier molecular flexibility index (Phi) is 4.30. The second-order valence-corrected chi connectivity index (χ2v) is 6.12. The van der Waals surface area contributed by atoms with Crippen molar-refractivity contribution in [2.24, 2.45) is 0 Å². The minimum atomic E-state index is 0.00190. The van der Waals surface area contributed by atoms with E-state index >= 15 is 0 Å². The summed E-state index contributed by atoms with van der Waals surface area (Å²) in [6.07, 6.45) is 0. The molecule has 0 amide bonds. The van der Waals surface area contributed by atoms with Crippen LogP contribution in [0.1, 0.15) is 32.2 Å². The molecule has 0 radical (unpaired) electrons. The lowest BCUT2D eigenvalue weighted by molar-refractivity contribution is 0.384. The van der Waals surface area contributed by atoms with Gasteiger partial charge in [0, 0.05) is 5.54 Å². The molecule has 108 valence electrons. The van der Waals surface area contributed by atoms with Crippen LogP contribution >= 0.6 is 11.6 Å². The summed E-state index contributed by atoms with van der Waals surface area (Å²) >= 11 is 6.11. The van der Waals surface area contributed by atoms with Crippen molar-refractivity contribution in [2.45, 2.75) is 39.8 Å². The smallest absolute Gasteiger partial charge is 0.320 e. The number of anilines is 2. The van der Waals surface area contributed by atoms with Crippen LogP contribution in [-0.2, 0) is 6.54 Å². The zero-order valence-electron chi connectivity index (χ0n) is 12.1. The summed E-state index contributed by atoms with van der Waals surface area (Å²) in [7, 11) is 0. The van der Waals surface area contributed by atoms with E-state index in [1.165, 1.54) is 0 Å². The molecule has 0 aliphatic rings. The summed E-state index contributed by atoms with van der Waals surface area (Å²) in [5.41, 5.74) is 1.86. The van der Waals surface area contributed by atoms with Gasteiger partial charge in [0.1, 0.15) is 0 Å². The van der Waals surface area contributed by atoms with Crippen LogP contribution in [0, 0.1) is 6.92 Å². The molecule has 1 aromatic carbocycles. The highest BCUT2D eigenvalue weighted by Crippen LogP contribution is 2.25. The van der Waals surface area contributed by atoms with Crippen LogP contribution in [0.5, 0.6) is 0 Å². The Labute approximate surface area is 123 Å². The monoisotopic (exact) mass is 294 g/mol. The fraction of sp³-hybridized carbons (Fsp3) is 0.429. The standard InChI is InChI=1S/C14H19ClN4O/c1-9-5-6-10(15)11(7-9)17-13-19-18-12(20-13)8-16-14(2,3)4/h5-7,16H,8H2,1-4H3,(H,17,19). The third-order valence-electron chi connectivity index (χ3n) is 2.60. The Morgan fingerprint density at radius 1 is 1.25 bits per heavy atom. The molecule has 2 aromatic rings. The molecule has 0 aliphatic heterocycles. The van der Waals surface area contributed by atoms with Gasteiger partial charge in [-0.1, -0.05) is 22.8 Å². The summed E-state index contributed by atoms with van der Waals surface area (Å²) < 4.78 is 5.52. The van der Waals surface area contributed by atoms with Gasteiger partial charge < -0.3 is 15.1 Å². The maximum Gasteiger partial charge on any atom is 0.320 e. The number of benzene rings is 1. The molecule has 0 atom stereocenters. The van der Waals surface area contributed by atoms with Crippen molar-refractivity contribution in [1.82, 2.24) is 15.5 Å². The topological polar surface area (TPSA) is 63.0 Å². The first-order chi connectivity index (χ1) is 9.33. The van der Waals surface area contributed by atoms with Crippen LogP contribution < -0.4 is 10.6 Å². The van der Waals surface area contributed by atoms with Crippen molar-refractivity contribution in [1.29, 1.82) is 0 Å². The van der Waals surface area contributed by atoms with E-state index < -0.39 is 0 Å². The molecule has 1 aromatic heterocycles. The number of rotatable bonds is 4. The number of aromatic nitrogens is 2. The maximum absolute atomic E-state index is 6.11. The molecule has 0 saturated heterocycles. The molecular weight excluding hydrogens is 276 g/mol. The van der Waals surface area contributed by atoms with Gasteiger partial charge in [-0.05, 0) is 45.4 Å². The van der Waals surface area contributed by atoms with Crippen molar-refractivity contribution in [2.75, 3.05) is 5.32 Å². The predicted molar refractivity (Wildman–Crippen MR) is 80.4 cm³/mol. The SMILES string of the molecule is Cc1ccc(Cl)c(Nc2nnc(CNC(C)(C)C)o2)c1. The Bertz CT molecular complexity index is 589. The van der Waals surface area contributed by atoms with Gasteiger partial charge in [0.15, 0.2) is 0 Å². The first-order valence-corrected chi connectivity index (χ1v) is 6.82. The summed E-state index contributed by atoms with van der Waals surface area (Å²) in [4.78, 5) is 0. The molecule has 20 heavy (non-hydrogen) atoms. The molecule has 2 rings (SSSR count). The minimum Gasteiger partial charge on any atom is -0.406 e. The molecule has 5 nitrogen and oxygen atoms in total. The lowest BCUT2D eigenvalue weighted by Gasteiger charge is -2.18. The van der Waals surface area contributed by atoms with Gasteiger partial charge in [0.05, 0.1) is 17.3 Å². The molecule has 0 aliphatic carbocycles. The Hall–Kier alpha value is -1.59. The van der Waals surface area contributed by atoms with E-state index in [2.05, 4.69) is 41.6 Å². The molecule has 0 spiro atoms. The van der Waals surface area contributed by atoms with Crippen LogP contribution in [0.15, 0.2) is 22.6 Å². The highest BCUT2D eigenvalue weighted by molar-refractivity contribution is 6.33. The predicted octanol–water partition coefficient (Wildman–Crippen LogP) is 3.66. The third-order valence-corrected chi connectivity index (χ3v) is 2.93. The van der Waals surface area contributed by atoms with Crippen molar-refractivity contribution in [3.63, 3.8) is 0 Å². The van der Waals surface area contributed by atoms with E-state index in [0.29, 0.717) is 23.5 Å². The summed E-state index contributed by atoms with van der Waals surface area (Å²) in [5, 5.41) is 14.9. The molecule has 0 unspecified atom stereocenters. The van der Waals surface area contributed by atoms with E-state index in [4.69, 9.17) is 16.0 Å². The fourth-order valence-corrected chi connectivity index (χ4v) is 1.73. The van der Waals surface area contributed by atoms with E-state index in [9.17, 15) is 0 Å². The molecule has 6 heteroatoms. The first kappa shape index (κ1) is 14.8. The maximum atomic E-state index is 6.11. The minimum absolute atomic E-state index is 0.00190. The number of hydrogen-bond acceptors (Lipinski definition) is 5. The van der Waals surface area contributed by atoms with Gasteiger partial charge in [-0.3, -0.25) is 0 Å². The highest BCUT2D eigenvalue weighted by Gasteiger charge is 2.12. The van der Waals surface area contributed by atoms with E-state index in [-0.39, 0.29) is 5.54 Å². The van der Waals surface area contributed by atoms with Crippen LogP contribution in [0.4, 0.5) is 11.7 Å². The number of aryl methyl sites for hydroxylation is 1. The van der Waals surface area contributed by atoms with Crippen LogP contribution in [-0.4, -0.2) is 15.7 Å². The molecular formula is C14H19ClN4O. The molecule has 2 N–H and O–H groups in total. The average molecular weight is 295 g/mol. The largest absolute Gasteiger partial charge is 0.406 e. The van der Waals surface area contributed by atoms with E-state index in [0.717, 1.165) is 11.3 Å². The Morgan fingerprint density at radius 2 is 2.00 bits per heavy atom. The number of nitrogens with zero attached hydrogens (tertiary/aromatic N) is 2. The van der Waals surface area contributed by atoms with Gasteiger partial charge in [0.25, 0.3) is 0 Å². The number of hydrogen-bond donors (Lipinski definition) is 2. The van der Waals surface area contributed by atoms with Crippen molar-refractivity contribution < 1.29 is 4.42 Å². The lowest BCUT2D eigenvalue weighted by atomic mass is 10.1. The molecule has 1 heterocycles. The van der Waals surface area contributed by atoms with Crippen LogP contribution in [0.25, 0.3) is 0 Å². The Morgan fingerprint density at radius 3 is 2.70 bits per heavy atom. The number of halogens is 1. The van der Waals surface area contributed by atoms with E-state index in [1.54, 1.807) is 0 Å². The quantitative estimate of drug-likeness (QED) is 0.901. The second-order valence-electron chi connectivity index (χ2n) is 5.71. The molecule has 0 bridgehead atoms. The van der Waals surface area contributed by atoms with Crippen molar-refractivity contribution in [3.05, 3.63) is 34.7 Å². The summed E-state index contributed by atoms with van der Waals surface area (Å²) in [5.74, 6) is 0.534. The van der Waals surface area contributed by atoms with E-state index in [1.807, 2.05) is 25.1 Å². The normalized spacial score (nSPS) is 11.7. The van der Waals surface area contributed by atoms with Gasteiger partial charge >= 0.3 is 6.01 Å². The van der Waals surface area contributed by atoms with Crippen molar-refractivity contribution in [3.8, 4) is 0 Å². The van der Waals surface area contributed by atoms with Gasteiger partial charge in [-0.15, -0.1) is 5.10 Å². The average Bonchev–Trinajstić information content (AvgIpc) is 2.78. The molecule has 0 saturated carbocycles. The van der Waals surface area contributed by atoms with Gasteiger partial charge in [-0.25, -0.2) is 0 Å². The first-order valence-electron chi connectivity index (χ1n) is 6.44. The fourth-order valence-electron chi connectivity index (χ4n) is 1.57. The van der Waals surface area contributed by atoms with Gasteiger partial charge in [0.2, 0.25) is 5.89 Å². The highest BCUT2D eigenvalue weighted by atomic mass is 35.5. The zero-order valence-corrected chi connectivity index (χ0v) is 12.9. The Balaban J connectivity index is 2.04. The van der Waals surface area contributed by atoms with Crippen LogP contribution in [0.2, 0.25) is 5.02 Å². The molecule has 0 fully saturated rings. The van der Waals surface area contributed by atoms with Crippen molar-refractivity contribution >= 4 is 23.3 Å².